The SMILES string of the molecule is CCOC(=O)c1ccc(NC(=O)C(=Cc2ccc(OC)cc2)c2ccccc2)cc1. The van der Waals surface area contributed by atoms with Crippen molar-refractivity contribution in [3.63, 3.8) is 0 Å². The molecule has 3 aromatic carbocycles. The predicted molar refractivity (Wildman–Crippen MR) is 118 cm³/mol. The molecule has 0 spiro atoms. The average Bonchev–Trinajstić information content (AvgIpc) is 2.79. The summed E-state index contributed by atoms with van der Waals surface area (Å²) in [7, 11) is 1.61. The van der Waals surface area contributed by atoms with E-state index in [1.165, 1.54) is 0 Å². The van der Waals surface area contributed by atoms with Crippen molar-refractivity contribution in [3.05, 3.63) is 95.6 Å². The predicted octanol–water partition coefficient (Wildman–Crippen LogP) is 5.05. The molecule has 30 heavy (non-hydrogen) atoms. The molecule has 3 aromatic rings. The van der Waals surface area contributed by atoms with Gasteiger partial charge in [0, 0.05) is 11.3 Å². The Morgan fingerprint density at radius 3 is 2.13 bits per heavy atom. The first kappa shape index (κ1) is 20.9. The lowest BCUT2D eigenvalue weighted by Gasteiger charge is -2.11. The lowest BCUT2D eigenvalue weighted by Crippen LogP contribution is -2.14. The van der Waals surface area contributed by atoms with Gasteiger partial charge in [-0.1, -0.05) is 42.5 Å². The van der Waals surface area contributed by atoms with E-state index in [1.807, 2.05) is 60.7 Å². The number of carbonyl (C=O) groups is 2. The lowest BCUT2D eigenvalue weighted by molar-refractivity contribution is -0.111. The summed E-state index contributed by atoms with van der Waals surface area (Å²) in [4.78, 5) is 24.9. The van der Waals surface area contributed by atoms with Crippen molar-refractivity contribution in [2.75, 3.05) is 19.0 Å². The maximum atomic E-state index is 13.1. The summed E-state index contributed by atoms with van der Waals surface area (Å²) < 4.78 is 10.2. The van der Waals surface area contributed by atoms with Crippen LogP contribution in [0.1, 0.15) is 28.4 Å². The third kappa shape index (κ3) is 5.35. The van der Waals surface area contributed by atoms with E-state index in [0.29, 0.717) is 23.4 Å². The van der Waals surface area contributed by atoms with Crippen LogP contribution in [0, 0.1) is 0 Å². The molecule has 0 saturated carbocycles. The maximum Gasteiger partial charge on any atom is 0.338 e. The highest BCUT2D eigenvalue weighted by molar-refractivity contribution is 6.29. The Labute approximate surface area is 176 Å². The summed E-state index contributed by atoms with van der Waals surface area (Å²) in [5.41, 5.74) is 3.23. The molecule has 0 radical (unpaired) electrons. The summed E-state index contributed by atoms with van der Waals surface area (Å²) in [6, 6.07) is 23.6. The van der Waals surface area contributed by atoms with Crippen molar-refractivity contribution in [3.8, 4) is 5.75 Å². The van der Waals surface area contributed by atoms with Crippen LogP contribution in [0.2, 0.25) is 0 Å². The summed E-state index contributed by atoms with van der Waals surface area (Å²) in [6.07, 6.45) is 1.83. The number of rotatable bonds is 7. The maximum absolute atomic E-state index is 13.1. The third-order valence-electron chi connectivity index (χ3n) is 4.41. The fourth-order valence-electron chi connectivity index (χ4n) is 2.87. The molecule has 5 nitrogen and oxygen atoms in total. The lowest BCUT2D eigenvalue weighted by atomic mass is 10.0. The Bertz CT molecular complexity index is 1020. The van der Waals surface area contributed by atoms with Gasteiger partial charge in [-0.25, -0.2) is 4.79 Å². The first-order valence-corrected chi connectivity index (χ1v) is 9.60. The molecule has 1 N–H and O–H groups in total. The number of benzene rings is 3. The minimum Gasteiger partial charge on any atom is -0.497 e. The van der Waals surface area contributed by atoms with Gasteiger partial charge in [-0.3, -0.25) is 4.79 Å². The number of esters is 1. The zero-order valence-corrected chi connectivity index (χ0v) is 16.9. The van der Waals surface area contributed by atoms with E-state index in [2.05, 4.69) is 5.32 Å². The Morgan fingerprint density at radius 1 is 0.867 bits per heavy atom. The molecule has 0 aliphatic rings. The van der Waals surface area contributed by atoms with Gasteiger partial charge in [0.25, 0.3) is 5.91 Å². The van der Waals surface area contributed by atoms with E-state index in [0.717, 1.165) is 16.9 Å². The normalized spacial score (nSPS) is 10.9. The number of hydrogen-bond acceptors (Lipinski definition) is 4. The molecule has 0 atom stereocenters. The molecular formula is C25H23NO4. The van der Waals surface area contributed by atoms with Gasteiger partial charge >= 0.3 is 5.97 Å². The first-order chi connectivity index (χ1) is 14.6. The van der Waals surface area contributed by atoms with Crippen LogP contribution in [-0.4, -0.2) is 25.6 Å². The van der Waals surface area contributed by atoms with E-state index >= 15 is 0 Å². The minimum atomic E-state index is -0.389. The van der Waals surface area contributed by atoms with Crippen molar-refractivity contribution in [2.24, 2.45) is 0 Å². The number of hydrogen-bond donors (Lipinski definition) is 1. The van der Waals surface area contributed by atoms with Gasteiger partial charge in [0.15, 0.2) is 0 Å². The van der Waals surface area contributed by atoms with Gasteiger partial charge in [0.2, 0.25) is 0 Å². The van der Waals surface area contributed by atoms with Gasteiger partial charge in [-0.05, 0) is 60.5 Å². The van der Waals surface area contributed by atoms with E-state index < -0.39 is 0 Å². The van der Waals surface area contributed by atoms with Crippen molar-refractivity contribution in [2.45, 2.75) is 6.92 Å². The molecule has 5 heteroatoms. The number of ether oxygens (including phenoxy) is 2. The Kier molecular flexibility index (Phi) is 7.00. The highest BCUT2D eigenvalue weighted by Gasteiger charge is 2.13. The van der Waals surface area contributed by atoms with E-state index in [4.69, 9.17) is 9.47 Å². The first-order valence-electron chi connectivity index (χ1n) is 9.60. The Hall–Kier alpha value is -3.86. The van der Waals surface area contributed by atoms with Crippen molar-refractivity contribution >= 4 is 29.2 Å². The van der Waals surface area contributed by atoms with Crippen molar-refractivity contribution < 1.29 is 19.1 Å². The molecule has 0 heterocycles. The summed E-state index contributed by atoms with van der Waals surface area (Å²) in [5.74, 6) is 0.111. The van der Waals surface area contributed by atoms with Crippen LogP contribution in [0.25, 0.3) is 11.6 Å². The van der Waals surface area contributed by atoms with Crippen LogP contribution in [0.3, 0.4) is 0 Å². The average molecular weight is 401 g/mol. The second-order valence-electron chi connectivity index (χ2n) is 6.45. The summed E-state index contributed by atoms with van der Waals surface area (Å²) in [5, 5.41) is 2.90. The third-order valence-corrected chi connectivity index (χ3v) is 4.41. The van der Waals surface area contributed by atoms with Crippen molar-refractivity contribution in [1.29, 1.82) is 0 Å². The monoisotopic (exact) mass is 401 g/mol. The molecule has 0 aromatic heterocycles. The molecule has 3 rings (SSSR count). The molecule has 0 fully saturated rings. The quantitative estimate of drug-likeness (QED) is 0.342. The molecular weight excluding hydrogens is 378 g/mol. The van der Waals surface area contributed by atoms with Crippen LogP contribution < -0.4 is 10.1 Å². The molecule has 0 aliphatic carbocycles. The molecule has 0 saturated heterocycles. The zero-order chi connectivity index (χ0) is 21.3. The van der Waals surface area contributed by atoms with E-state index in [-0.39, 0.29) is 11.9 Å². The smallest absolute Gasteiger partial charge is 0.338 e. The molecule has 1 amide bonds. The van der Waals surface area contributed by atoms with Crippen LogP contribution in [0.15, 0.2) is 78.9 Å². The van der Waals surface area contributed by atoms with Crippen LogP contribution >= 0.6 is 0 Å². The summed E-state index contributed by atoms with van der Waals surface area (Å²) >= 11 is 0. The highest BCUT2D eigenvalue weighted by atomic mass is 16.5. The topological polar surface area (TPSA) is 64.6 Å². The fraction of sp³-hybridized carbons (Fsp3) is 0.120. The van der Waals surface area contributed by atoms with E-state index in [9.17, 15) is 9.59 Å². The molecule has 0 aliphatic heterocycles. The highest BCUT2D eigenvalue weighted by Crippen LogP contribution is 2.22. The second kappa shape index (κ2) is 10.1. The van der Waals surface area contributed by atoms with Gasteiger partial charge in [-0.15, -0.1) is 0 Å². The Balaban J connectivity index is 1.85. The van der Waals surface area contributed by atoms with Crippen LogP contribution in [-0.2, 0) is 9.53 Å². The largest absolute Gasteiger partial charge is 0.497 e. The number of amides is 1. The number of methoxy groups -OCH3 is 1. The standard InChI is InChI=1S/C25H23NO4/c1-3-30-25(28)20-11-13-21(14-12-20)26-24(27)23(19-7-5-4-6-8-19)17-18-9-15-22(29-2)16-10-18/h4-17H,3H2,1-2H3,(H,26,27). The Morgan fingerprint density at radius 2 is 1.53 bits per heavy atom. The van der Waals surface area contributed by atoms with Gasteiger partial charge in [0.1, 0.15) is 5.75 Å². The number of anilines is 1. The number of carbonyl (C=O) groups excluding carboxylic acids is 2. The minimum absolute atomic E-state index is 0.249. The number of nitrogens with one attached hydrogen (secondary N) is 1. The second-order valence-corrected chi connectivity index (χ2v) is 6.45. The molecule has 0 unspecified atom stereocenters. The molecule has 152 valence electrons. The summed E-state index contributed by atoms with van der Waals surface area (Å²) in [6.45, 7) is 2.07. The zero-order valence-electron chi connectivity index (χ0n) is 16.9. The van der Waals surface area contributed by atoms with Gasteiger partial charge in [0.05, 0.1) is 19.3 Å². The van der Waals surface area contributed by atoms with Gasteiger partial charge < -0.3 is 14.8 Å². The van der Waals surface area contributed by atoms with Crippen molar-refractivity contribution in [1.82, 2.24) is 0 Å². The molecule has 0 bridgehead atoms. The fourth-order valence-corrected chi connectivity index (χ4v) is 2.87. The van der Waals surface area contributed by atoms with Crippen LogP contribution in [0.5, 0.6) is 5.75 Å². The van der Waals surface area contributed by atoms with E-state index in [1.54, 1.807) is 38.3 Å². The van der Waals surface area contributed by atoms with Crippen LogP contribution in [0.4, 0.5) is 5.69 Å². The van der Waals surface area contributed by atoms with Gasteiger partial charge in [-0.2, -0.15) is 0 Å².